The topological polar surface area (TPSA) is 61.4 Å². The van der Waals surface area contributed by atoms with Gasteiger partial charge in [-0.3, -0.25) is 4.79 Å². The highest BCUT2D eigenvalue weighted by Crippen LogP contribution is 2.34. The van der Waals surface area contributed by atoms with E-state index in [1.54, 1.807) is 23.1 Å². The molecule has 1 aliphatic rings. The minimum atomic E-state index is -0.333. The quantitative estimate of drug-likeness (QED) is 0.712. The molecule has 1 aliphatic heterocycles. The van der Waals surface area contributed by atoms with E-state index in [9.17, 15) is 14.0 Å². The third kappa shape index (κ3) is 5.84. The van der Waals surface area contributed by atoms with Crippen molar-refractivity contribution < 1.29 is 14.0 Å². The van der Waals surface area contributed by atoms with E-state index < -0.39 is 0 Å². The molecular formula is C25H32FN3O2. The lowest BCUT2D eigenvalue weighted by Crippen LogP contribution is -2.51. The molecule has 0 spiro atoms. The van der Waals surface area contributed by atoms with Gasteiger partial charge >= 0.3 is 6.03 Å². The van der Waals surface area contributed by atoms with Crippen molar-refractivity contribution >= 4 is 11.9 Å². The van der Waals surface area contributed by atoms with Gasteiger partial charge in [0.15, 0.2) is 0 Å². The summed E-state index contributed by atoms with van der Waals surface area (Å²) in [6, 6.07) is 14.6. The first kappa shape index (κ1) is 22.8. The number of rotatable bonds is 6. The Morgan fingerprint density at radius 2 is 1.81 bits per heavy atom. The Kier molecular flexibility index (Phi) is 7.66. The third-order valence-corrected chi connectivity index (χ3v) is 5.81. The molecule has 0 saturated carbocycles. The molecule has 1 saturated heterocycles. The van der Waals surface area contributed by atoms with Crippen molar-refractivity contribution in [2.45, 2.75) is 58.7 Å². The van der Waals surface area contributed by atoms with Crippen molar-refractivity contribution in [3.8, 4) is 0 Å². The van der Waals surface area contributed by atoms with Crippen molar-refractivity contribution in [1.82, 2.24) is 15.5 Å². The molecule has 166 valence electrons. The van der Waals surface area contributed by atoms with E-state index in [0.717, 1.165) is 12.0 Å². The first-order valence-electron chi connectivity index (χ1n) is 11.1. The van der Waals surface area contributed by atoms with Gasteiger partial charge in [-0.1, -0.05) is 49.4 Å². The molecule has 0 bridgehead atoms. The number of urea groups is 1. The predicted octanol–water partition coefficient (Wildman–Crippen LogP) is 4.58. The first-order chi connectivity index (χ1) is 14.9. The van der Waals surface area contributed by atoms with Gasteiger partial charge in [-0.05, 0) is 50.3 Å². The largest absolute Gasteiger partial charge is 0.352 e. The number of aryl methyl sites for hydroxylation is 1. The number of amides is 3. The fourth-order valence-corrected chi connectivity index (χ4v) is 4.03. The van der Waals surface area contributed by atoms with Gasteiger partial charge in [0.1, 0.15) is 5.82 Å². The standard InChI is InChI=1S/C25H32FN3O2/c1-4-18-9-11-19(12-10-18)23-14-13-21(16-29(23)25(31)28-17(2)3)24(30)27-15-20-7-5-6-8-22(20)26/h5-12,17,21,23H,4,13-16H2,1-3H3,(H,27,30)(H,28,31). The Morgan fingerprint density at radius 3 is 2.45 bits per heavy atom. The summed E-state index contributed by atoms with van der Waals surface area (Å²) in [6.45, 7) is 6.43. The number of hydrogen-bond acceptors (Lipinski definition) is 2. The minimum Gasteiger partial charge on any atom is -0.352 e. The van der Waals surface area contributed by atoms with Crippen LogP contribution in [0.5, 0.6) is 0 Å². The van der Waals surface area contributed by atoms with E-state index in [2.05, 4.69) is 41.8 Å². The van der Waals surface area contributed by atoms with Crippen molar-refractivity contribution in [2.75, 3.05) is 6.54 Å². The lowest BCUT2D eigenvalue weighted by molar-refractivity contribution is -0.127. The average Bonchev–Trinajstić information content (AvgIpc) is 2.77. The number of benzene rings is 2. The SMILES string of the molecule is CCc1ccc(C2CCC(C(=O)NCc3ccccc3F)CN2C(=O)NC(C)C)cc1. The Hall–Kier alpha value is -2.89. The Balaban J connectivity index is 1.71. The number of likely N-dealkylation sites (tertiary alicyclic amines) is 1. The fourth-order valence-electron chi connectivity index (χ4n) is 4.03. The van der Waals surface area contributed by atoms with E-state index in [1.165, 1.54) is 11.6 Å². The molecule has 2 N–H and O–H groups in total. The Morgan fingerprint density at radius 1 is 1.10 bits per heavy atom. The summed E-state index contributed by atoms with van der Waals surface area (Å²) in [6.07, 6.45) is 2.34. The summed E-state index contributed by atoms with van der Waals surface area (Å²) in [5, 5.41) is 5.81. The van der Waals surface area contributed by atoms with Crippen LogP contribution in [-0.2, 0) is 17.8 Å². The van der Waals surface area contributed by atoms with Gasteiger partial charge in [-0.2, -0.15) is 0 Å². The molecule has 1 heterocycles. The normalized spacial score (nSPS) is 18.7. The Bertz CT molecular complexity index is 898. The average molecular weight is 426 g/mol. The number of hydrogen-bond donors (Lipinski definition) is 2. The first-order valence-corrected chi connectivity index (χ1v) is 11.1. The van der Waals surface area contributed by atoms with Crippen molar-refractivity contribution in [3.05, 3.63) is 71.0 Å². The second-order valence-electron chi connectivity index (χ2n) is 8.45. The van der Waals surface area contributed by atoms with Gasteiger partial charge in [0.2, 0.25) is 5.91 Å². The summed E-state index contributed by atoms with van der Waals surface area (Å²) >= 11 is 0. The van der Waals surface area contributed by atoms with Crippen molar-refractivity contribution in [2.24, 2.45) is 5.92 Å². The van der Waals surface area contributed by atoms with E-state index in [4.69, 9.17) is 0 Å². The van der Waals surface area contributed by atoms with Crippen LogP contribution in [0.15, 0.2) is 48.5 Å². The molecule has 0 aromatic heterocycles. The highest BCUT2D eigenvalue weighted by atomic mass is 19.1. The summed E-state index contributed by atoms with van der Waals surface area (Å²) in [7, 11) is 0. The van der Waals surface area contributed by atoms with Gasteiger partial charge < -0.3 is 15.5 Å². The minimum absolute atomic E-state index is 0.00544. The van der Waals surface area contributed by atoms with Crippen LogP contribution < -0.4 is 10.6 Å². The lowest BCUT2D eigenvalue weighted by atomic mass is 9.88. The highest BCUT2D eigenvalue weighted by molar-refractivity contribution is 5.81. The number of halogens is 1. The van der Waals surface area contributed by atoms with Crippen LogP contribution in [0.2, 0.25) is 0 Å². The molecule has 31 heavy (non-hydrogen) atoms. The van der Waals surface area contributed by atoms with Crippen LogP contribution >= 0.6 is 0 Å². The van der Waals surface area contributed by atoms with E-state index >= 15 is 0 Å². The fraction of sp³-hybridized carbons (Fsp3) is 0.440. The van der Waals surface area contributed by atoms with Crippen LogP contribution in [0.3, 0.4) is 0 Å². The molecule has 2 aromatic carbocycles. The molecule has 0 aliphatic carbocycles. The van der Waals surface area contributed by atoms with Gasteiger partial charge in [-0.25, -0.2) is 9.18 Å². The molecular weight excluding hydrogens is 393 g/mol. The second-order valence-corrected chi connectivity index (χ2v) is 8.45. The molecule has 2 unspecified atom stereocenters. The highest BCUT2D eigenvalue weighted by Gasteiger charge is 2.35. The van der Waals surface area contributed by atoms with E-state index in [-0.39, 0.29) is 42.3 Å². The molecule has 2 aromatic rings. The monoisotopic (exact) mass is 425 g/mol. The van der Waals surface area contributed by atoms with Gasteiger partial charge in [0, 0.05) is 24.7 Å². The molecule has 2 atom stereocenters. The number of nitrogens with one attached hydrogen (secondary N) is 2. The van der Waals surface area contributed by atoms with Gasteiger partial charge in [0.05, 0.1) is 12.0 Å². The second kappa shape index (κ2) is 10.4. The maximum Gasteiger partial charge on any atom is 0.318 e. The molecule has 6 heteroatoms. The van der Waals surface area contributed by atoms with E-state index in [0.29, 0.717) is 24.9 Å². The van der Waals surface area contributed by atoms with Crippen LogP contribution in [-0.4, -0.2) is 29.4 Å². The number of carbonyl (C=O) groups excluding carboxylic acids is 2. The zero-order valence-electron chi connectivity index (χ0n) is 18.5. The lowest BCUT2D eigenvalue weighted by Gasteiger charge is -2.39. The number of piperidine rings is 1. The zero-order chi connectivity index (χ0) is 22.4. The summed E-state index contributed by atoms with van der Waals surface area (Å²) in [5.74, 6) is -0.804. The molecule has 1 fully saturated rings. The summed E-state index contributed by atoms with van der Waals surface area (Å²) in [4.78, 5) is 27.5. The van der Waals surface area contributed by atoms with Gasteiger partial charge in [0.25, 0.3) is 0 Å². The summed E-state index contributed by atoms with van der Waals surface area (Å²) in [5.41, 5.74) is 2.79. The summed E-state index contributed by atoms with van der Waals surface area (Å²) < 4.78 is 13.9. The van der Waals surface area contributed by atoms with Crippen molar-refractivity contribution in [3.63, 3.8) is 0 Å². The van der Waals surface area contributed by atoms with E-state index in [1.807, 2.05) is 13.8 Å². The van der Waals surface area contributed by atoms with Crippen LogP contribution in [0.4, 0.5) is 9.18 Å². The maximum absolute atomic E-state index is 13.9. The predicted molar refractivity (Wildman–Crippen MR) is 120 cm³/mol. The number of nitrogens with zero attached hydrogens (tertiary/aromatic N) is 1. The number of carbonyl (C=O) groups is 2. The van der Waals surface area contributed by atoms with Crippen LogP contribution in [0.1, 0.15) is 56.3 Å². The van der Waals surface area contributed by atoms with Crippen LogP contribution in [0.25, 0.3) is 0 Å². The maximum atomic E-state index is 13.9. The third-order valence-electron chi connectivity index (χ3n) is 5.81. The molecule has 5 nitrogen and oxygen atoms in total. The van der Waals surface area contributed by atoms with Crippen LogP contribution in [0, 0.1) is 11.7 Å². The molecule has 3 rings (SSSR count). The van der Waals surface area contributed by atoms with Crippen molar-refractivity contribution in [1.29, 1.82) is 0 Å². The zero-order valence-corrected chi connectivity index (χ0v) is 18.5. The van der Waals surface area contributed by atoms with Gasteiger partial charge in [-0.15, -0.1) is 0 Å². The molecule has 0 radical (unpaired) electrons. The molecule has 3 amide bonds. The smallest absolute Gasteiger partial charge is 0.318 e. The Labute approximate surface area is 184 Å².